The van der Waals surface area contributed by atoms with Gasteiger partial charge in [0.2, 0.25) is 0 Å². The second kappa shape index (κ2) is 10.1. The van der Waals surface area contributed by atoms with Crippen LogP contribution in [0.5, 0.6) is 0 Å². The molecule has 2 amide bonds. The van der Waals surface area contributed by atoms with Crippen molar-refractivity contribution in [2.75, 3.05) is 31.2 Å². The number of aromatic nitrogens is 1. The number of alkyl halides is 3. The van der Waals surface area contributed by atoms with E-state index < -0.39 is 54.8 Å². The van der Waals surface area contributed by atoms with Crippen LogP contribution in [-0.4, -0.2) is 75.8 Å². The molecule has 37 heavy (non-hydrogen) atoms. The van der Waals surface area contributed by atoms with E-state index in [4.69, 9.17) is 4.74 Å². The van der Waals surface area contributed by atoms with Crippen LogP contribution in [-0.2, 0) is 10.9 Å². The number of carbonyl (C=O) groups is 2. The minimum Gasteiger partial charge on any atom is -0.465 e. The van der Waals surface area contributed by atoms with Gasteiger partial charge in [0.05, 0.1) is 37.9 Å². The van der Waals surface area contributed by atoms with Crippen LogP contribution in [0.15, 0.2) is 53.3 Å². The van der Waals surface area contributed by atoms with Crippen molar-refractivity contribution >= 4 is 28.6 Å². The fourth-order valence-corrected chi connectivity index (χ4v) is 4.21. The number of fused-ring (bicyclic) bond motifs is 1. The van der Waals surface area contributed by atoms with Crippen LogP contribution in [0.2, 0.25) is 0 Å². The average molecular weight is 521 g/mol. The first-order valence-electron chi connectivity index (χ1n) is 11.1. The maximum atomic E-state index is 13.4. The number of cyclic esters (lactones) is 1. The van der Waals surface area contributed by atoms with Gasteiger partial charge in [-0.2, -0.15) is 13.2 Å². The number of H-pyrrole nitrogens is 1. The number of carbonyl (C=O) groups excluding carboxylic acids is 1. The molecule has 2 heterocycles. The number of aliphatic hydroxyl groups is 2. The highest BCUT2D eigenvalue weighted by atomic mass is 19.4. The Kier molecular flexibility index (Phi) is 7.09. The molecule has 1 fully saturated rings. The summed E-state index contributed by atoms with van der Waals surface area (Å²) < 4.78 is 45.6. The van der Waals surface area contributed by atoms with E-state index in [-0.39, 0.29) is 35.4 Å². The molecule has 0 radical (unpaired) electrons. The summed E-state index contributed by atoms with van der Waals surface area (Å²) in [4.78, 5) is 41.2. The van der Waals surface area contributed by atoms with Crippen LogP contribution in [0, 0.1) is 0 Å². The molecule has 1 saturated heterocycles. The zero-order valence-corrected chi connectivity index (χ0v) is 19.1. The molecular weight excluding hydrogens is 499 g/mol. The van der Waals surface area contributed by atoms with E-state index in [0.29, 0.717) is 5.39 Å². The average Bonchev–Trinajstić information content (AvgIpc) is 3.23. The van der Waals surface area contributed by atoms with Gasteiger partial charge < -0.3 is 25.0 Å². The van der Waals surface area contributed by atoms with E-state index in [0.717, 1.165) is 11.0 Å². The predicted octanol–water partition coefficient (Wildman–Crippen LogP) is 2.87. The molecule has 196 valence electrons. The number of halogens is 3. The molecule has 1 aliphatic rings. The molecule has 0 saturated carbocycles. The molecule has 3 aromatic rings. The van der Waals surface area contributed by atoms with Gasteiger partial charge in [0.1, 0.15) is 6.10 Å². The molecule has 2 aromatic carbocycles. The minimum atomic E-state index is -4.62. The summed E-state index contributed by atoms with van der Waals surface area (Å²) in [5, 5.41) is 28.4. The van der Waals surface area contributed by atoms with E-state index in [1.54, 1.807) is 0 Å². The van der Waals surface area contributed by atoms with Gasteiger partial charge in [-0.3, -0.25) is 14.6 Å². The molecule has 1 atom stereocenters. The maximum Gasteiger partial charge on any atom is 0.417 e. The molecule has 10 nitrogen and oxygen atoms in total. The Morgan fingerprint density at radius 3 is 2.49 bits per heavy atom. The van der Waals surface area contributed by atoms with Gasteiger partial charge in [-0.1, -0.05) is 24.3 Å². The highest BCUT2D eigenvalue weighted by molar-refractivity contribution is 5.95. The summed E-state index contributed by atoms with van der Waals surface area (Å²) in [7, 11) is 0. The van der Waals surface area contributed by atoms with Crippen LogP contribution in [0.25, 0.3) is 22.0 Å². The first-order valence-corrected chi connectivity index (χ1v) is 11.1. The number of benzene rings is 2. The molecule has 1 aliphatic heterocycles. The van der Waals surface area contributed by atoms with Crippen LogP contribution in [0.1, 0.15) is 5.56 Å². The number of hydrogen-bond donors (Lipinski definition) is 4. The number of anilines is 1. The van der Waals surface area contributed by atoms with E-state index in [2.05, 4.69) is 4.98 Å². The third-order valence-corrected chi connectivity index (χ3v) is 6.05. The van der Waals surface area contributed by atoms with E-state index in [9.17, 15) is 42.9 Å². The second-order valence-corrected chi connectivity index (χ2v) is 8.40. The zero-order chi connectivity index (χ0) is 26.9. The van der Waals surface area contributed by atoms with E-state index in [1.165, 1.54) is 47.4 Å². The zero-order valence-electron chi connectivity index (χ0n) is 19.1. The summed E-state index contributed by atoms with van der Waals surface area (Å²) >= 11 is 0. The van der Waals surface area contributed by atoms with Gasteiger partial charge in [-0.15, -0.1) is 0 Å². The van der Waals surface area contributed by atoms with Gasteiger partial charge in [-0.05, 0) is 29.7 Å². The number of amides is 2. The lowest BCUT2D eigenvalue weighted by Gasteiger charge is -2.28. The highest BCUT2D eigenvalue weighted by Crippen LogP contribution is 2.36. The van der Waals surface area contributed by atoms with Crippen molar-refractivity contribution in [2.24, 2.45) is 0 Å². The second-order valence-electron chi connectivity index (χ2n) is 8.40. The molecule has 0 spiro atoms. The number of pyridine rings is 1. The van der Waals surface area contributed by atoms with E-state index >= 15 is 0 Å². The lowest BCUT2D eigenvalue weighted by atomic mass is 10.0. The van der Waals surface area contributed by atoms with Crippen molar-refractivity contribution in [2.45, 2.75) is 18.3 Å². The normalized spacial score (nSPS) is 15.9. The van der Waals surface area contributed by atoms with Crippen molar-refractivity contribution < 1.29 is 42.8 Å². The van der Waals surface area contributed by atoms with Crippen LogP contribution in [0.4, 0.5) is 28.4 Å². The Bertz CT molecular complexity index is 1390. The fraction of sp³-hybridized carbons (Fsp3) is 0.292. The summed E-state index contributed by atoms with van der Waals surface area (Å²) in [6.07, 6.45) is -7.75. The quantitative estimate of drug-likeness (QED) is 0.374. The van der Waals surface area contributed by atoms with Crippen molar-refractivity contribution in [3.63, 3.8) is 0 Å². The Balaban J connectivity index is 1.62. The van der Waals surface area contributed by atoms with Crippen molar-refractivity contribution in [1.29, 1.82) is 0 Å². The number of aliphatic hydroxyl groups excluding tert-OH is 2. The van der Waals surface area contributed by atoms with Crippen LogP contribution < -0.4 is 10.5 Å². The smallest absolute Gasteiger partial charge is 0.417 e. The number of rotatable bonds is 7. The van der Waals surface area contributed by atoms with Crippen molar-refractivity contribution in [1.82, 2.24) is 9.88 Å². The molecule has 0 bridgehead atoms. The molecule has 1 unspecified atom stereocenters. The van der Waals surface area contributed by atoms with Gasteiger partial charge >= 0.3 is 18.4 Å². The fourth-order valence-electron chi connectivity index (χ4n) is 4.21. The number of nitrogens with one attached hydrogen (secondary N) is 1. The molecule has 13 heteroatoms. The molecule has 0 aliphatic carbocycles. The summed E-state index contributed by atoms with van der Waals surface area (Å²) in [6.45, 7) is -1.64. The maximum absolute atomic E-state index is 13.4. The summed E-state index contributed by atoms with van der Waals surface area (Å²) in [6, 6.07) is 9.53. The largest absolute Gasteiger partial charge is 0.465 e. The van der Waals surface area contributed by atoms with E-state index in [1.807, 2.05) is 0 Å². The number of nitrogens with zero attached hydrogens (tertiary/aromatic N) is 2. The molecule has 4 N–H and O–H groups in total. The van der Waals surface area contributed by atoms with Crippen LogP contribution in [0.3, 0.4) is 0 Å². The van der Waals surface area contributed by atoms with Gasteiger partial charge in [0.15, 0.2) is 0 Å². The number of ether oxygens (including phenoxy) is 1. The number of carboxylic acid groups (broad SMARTS) is 1. The Labute approximate surface area is 207 Å². The molecule has 4 rings (SSSR count). The van der Waals surface area contributed by atoms with Gasteiger partial charge in [0.25, 0.3) is 5.56 Å². The third kappa shape index (κ3) is 5.22. The standard InChI is InChI=1S/C24H22F3N3O7/c25-24(26,27)19-4-2-1-3-17(19)20-7-13-5-6-14(8-18(13)21(33)28-20)30-10-16(37-23(30)36)9-29(22(34)35)15(11-31)12-32/h1-8,15-16,31-32H,9-12H2,(H,28,33)(H,34,35). The SMILES string of the molecule is O=C1OC(CN(C(=O)O)C(CO)CO)CN1c1ccc2cc(-c3ccccc3C(F)(F)F)[nH]c(=O)c2c1. The first-order chi connectivity index (χ1) is 17.5. The van der Waals surface area contributed by atoms with Gasteiger partial charge in [0, 0.05) is 22.3 Å². The first kappa shape index (κ1) is 26.0. The lowest BCUT2D eigenvalue weighted by molar-refractivity contribution is -0.137. The minimum absolute atomic E-state index is 0.0186. The van der Waals surface area contributed by atoms with Crippen molar-refractivity contribution in [3.05, 3.63) is 64.4 Å². The van der Waals surface area contributed by atoms with Gasteiger partial charge in [-0.25, -0.2) is 9.59 Å². The number of hydrogen-bond acceptors (Lipinski definition) is 6. The molecule has 1 aromatic heterocycles. The lowest BCUT2D eigenvalue weighted by Crippen LogP contribution is -2.48. The molecular formula is C24H22F3N3O7. The van der Waals surface area contributed by atoms with Crippen LogP contribution >= 0.6 is 0 Å². The number of aromatic amines is 1. The third-order valence-electron chi connectivity index (χ3n) is 6.05. The van der Waals surface area contributed by atoms with Crippen molar-refractivity contribution in [3.8, 4) is 11.3 Å². The Hall–Kier alpha value is -4.10. The Morgan fingerprint density at radius 2 is 1.84 bits per heavy atom. The predicted molar refractivity (Wildman–Crippen MR) is 125 cm³/mol. The topological polar surface area (TPSA) is 143 Å². The monoisotopic (exact) mass is 521 g/mol. The summed E-state index contributed by atoms with van der Waals surface area (Å²) in [5.41, 5.74) is -1.50. The Morgan fingerprint density at radius 1 is 1.14 bits per heavy atom. The highest BCUT2D eigenvalue weighted by Gasteiger charge is 2.37. The summed E-state index contributed by atoms with van der Waals surface area (Å²) in [5.74, 6) is 0.